The van der Waals surface area contributed by atoms with Crippen LogP contribution < -0.4 is 0 Å². The van der Waals surface area contributed by atoms with Crippen LogP contribution in [-0.4, -0.2) is 45.3 Å². The molecule has 0 radical (unpaired) electrons. The van der Waals surface area contributed by atoms with Gasteiger partial charge in [-0.25, -0.2) is 0 Å². The molecule has 26 heavy (non-hydrogen) atoms. The topological polar surface area (TPSA) is 73.7 Å². The molecule has 2 N–H and O–H groups in total. The van der Waals surface area contributed by atoms with Crippen molar-refractivity contribution >= 4 is 29.2 Å². The number of hydrogen-bond acceptors (Lipinski definition) is 4. The van der Waals surface area contributed by atoms with Crippen molar-refractivity contribution in [3.05, 3.63) is 63.9 Å². The molecule has 7 heteroatoms. The van der Waals surface area contributed by atoms with E-state index in [4.69, 9.17) is 23.2 Å². The van der Waals surface area contributed by atoms with Gasteiger partial charge < -0.3 is 10.2 Å². The van der Waals surface area contributed by atoms with Gasteiger partial charge in [-0.2, -0.15) is 0 Å². The Hall–Kier alpha value is -1.66. The number of carboxylic acid groups (broad SMARTS) is 1. The van der Waals surface area contributed by atoms with E-state index in [1.54, 1.807) is 0 Å². The number of likely N-dealkylation sites (tertiary alicyclic amines) is 1. The molecule has 138 valence electrons. The van der Waals surface area contributed by atoms with E-state index < -0.39 is 17.5 Å². The van der Waals surface area contributed by atoms with E-state index in [0.717, 1.165) is 11.1 Å². The SMILES string of the molecule is O=C(O)[C@@]1(Cc2ccccc2)CCN(Cc2c(Cl)cncc2Cl)C[C@H]1O. The highest BCUT2D eigenvalue weighted by molar-refractivity contribution is 6.35. The summed E-state index contributed by atoms with van der Waals surface area (Å²) in [6.45, 7) is 1.22. The van der Waals surface area contributed by atoms with Crippen LogP contribution in [0.2, 0.25) is 10.0 Å². The zero-order chi connectivity index (χ0) is 18.7. The molecule has 1 aliphatic rings. The van der Waals surface area contributed by atoms with Gasteiger partial charge >= 0.3 is 5.97 Å². The van der Waals surface area contributed by atoms with E-state index in [0.29, 0.717) is 36.0 Å². The molecule has 0 saturated carbocycles. The Bertz CT molecular complexity index is 767. The summed E-state index contributed by atoms with van der Waals surface area (Å²) in [5, 5.41) is 21.5. The highest BCUT2D eigenvalue weighted by Gasteiger charge is 2.48. The number of carbonyl (C=O) groups is 1. The number of nitrogens with zero attached hydrogens (tertiary/aromatic N) is 2. The van der Waals surface area contributed by atoms with Gasteiger partial charge in [0.15, 0.2) is 0 Å². The number of aliphatic hydroxyl groups is 1. The zero-order valence-electron chi connectivity index (χ0n) is 14.1. The summed E-state index contributed by atoms with van der Waals surface area (Å²) in [6.07, 6.45) is 2.71. The maximum absolute atomic E-state index is 12.0. The maximum atomic E-state index is 12.0. The Morgan fingerprint density at radius 1 is 1.23 bits per heavy atom. The monoisotopic (exact) mass is 394 g/mol. The van der Waals surface area contributed by atoms with Crippen molar-refractivity contribution < 1.29 is 15.0 Å². The van der Waals surface area contributed by atoms with Crippen LogP contribution in [0.4, 0.5) is 0 Å². The molecule has 1 aliphatic heterocycles. The normalized spacial score (nSPS) is 23.7. The summed E-state index contributed by atoms with van der Waals surface area (Å²) < 4.78 is 0. The molecular weight excluding hydrogens is 375 g/mol. The third-order valence-corrected chi connectivity index (χ3v) is 5.72. The summed E-state index contributed by atoms with van der Waals surface area (Å²) in [5.41, 5.74) is 0.452. The summed E-state index contributed by atoms with van der Waals surface area (Å²) >= 11 is 12.3. The van der Waals surface area contributed by atoms with Crippen LogP contribution in [0.15, 0.2) is 42.7 Å². The zero-order valence-corrected chi connectivity index (χ0v) is 15.6. The molecule has 1 saturated heterocycles. The van der Waals surface area contributed by atoms with Crippen LogP contribution in [0.3, 0.4) is 0 Å². The number of aromatic nitrogens is 1. The fourth-order valence-corrected chi connectivity index (χ4v) is 3.97. The molecule has 5 nitrogen and oxygen atoms in total. The molecule has 2 aromatic rings. The number of β-amino-alcohol motifs (C(OH)–C–C–N with tert-alkyl or cyclic N) is 1. The van der Waals surface area contributed by atoms with Gasteiger partial charge in [-0.15, -0.1) is 0 Å². The van der Waals surface area contributed by atoms with Crippen molar-refractivity contribution in [2.75, 3.05) is 13.1 Å². The van der Waals surface area contributed by atoms with Crippen LogP contribution in [-0.2, 0) is 17.8 Å². The van der Waals surface area contributed by atoms with Crippen molar-refractivity contribution in [3.63, 3.8) is 0 Å². The summed E-state index contributed by atoms with van der Waals surface area (Å²) in [7, 11) is 0. The van der Waals surface area contributed by atoms with Crippen LogP contribution in [0, 0.1) is 5.41 Å². The Labute approximate surface area is 162 Å². The molecule has 0 spiro atoms. The van der Waals surface area contributed by atoms with Gasteiger partial charge in [-0.3, -0.25) is 14.7 Å². The highest BCUT2D eigenvalue weighted by Crippen LogP contribution is 2.37. The highest BCUT2D eigenvalue weighted by atomic mass is 35.5. The average molecular weight is 395 g/mol. The number of halogens is 2. The Morgan fingerprint density at radius 3 is 2.46 bits per heavy atom. The molecular formula is C19H20Cl2N2O3. The third kappa shape index (κ3) is 3.86. The lowest BCUT2D eigenvalue weighted by Gasteiger charge is -2.43. The van der Waals surface area contributed by atoms with Gasteiger partial charge in [-0.05, 0) is 24.9 Å². The van der Waals surface area contributed by atoms with Gasteiger partial charge in [0.1, 0.15) is 5.41 Å². The minimum absolute atomic E-state index is 0.244. The lowest BCUT2D eigenvalue weighted by Crippen LogP contribution is -2.55. The van der Waals surface area contributed by atoms with E-state index in [9.17, 15) is 15.0 Å². The minimum Gasteiger partial charge on any atom is -0.481 e. The van der Waals surface area contributed by atoms with E-state index >= 15 is 0 Å². The first-order valence-corrected chi connectivity index (χ1v) is 9.13. The predicted octanol–water partition coefficient (Wildman–Crippen LogP) is 3.27. The van der Waals surface area contributed by atoms with Gasteiger partial charge in [-0.1, -0.05) is 53.5 Å². The first-order chi connectivity index (χ1) is 12.4. The smallest absolute Gasteiger partial charge is 0.312 e. The van der Waals surface area contributed by atoms with E-state index in [2.05, 4.69) is 4.98 Å². The largest absolute Gasteiger partial charge is 0.481 e. The summed E-state index contributed by atoms with van der Waals surface area (Å²) in [6, 6.07) is 9.42. The number of carboxylic acids is 1. The molecule has 0 amide bonds. The molecule has 0 aliphatic carbocycles. The number of aliphatic carboxylic acids is 1. The van der Waals surface area contributed by atoms with Crippen molar-refractivity contribution in [2.45, 2.75) is 25.5 Å². The van der Waals surface area contributed by atoms with Gasteiger partial charge in [0, 0.05) is 31.0 Å². The summed E-state index contributed by atoms with van der Waals surface area (Å²) in [4.78, 5) is 17.9. The number of aliphatic hydroxyl groups excluding tert-OH is 1. The van der Waals surface area contributed by atoms with E-state index in [-0.39, 0.29) is 6.54 Å². The number of hydrogen-bond donors (Lipinski definition) is 2. The second kappa shape index (κ2) is 7.92. The number of rotatable bonds is 5. The predicted molar refractivity (Wildman–Crippen MR) is 100 cm³/mol. The second-order valence-corrected chi connectivity index (χ2v) is 7.52. The lowest BCUT2D eigenvalue weighted by molar-refractivity contribution is -0.163. The lowest BCUT2D eigenvalue weighted by atomic mass is 9.71. The van der Waals surface area contributed by atoms with Gasteiger partial charge in [0.2, 0.25) is 0 Å². The van der Waals surface area contributed by atoms with Crippen molar-refractivity contribution in [3.8, 4) is 0 Å². The van der Waals surface area contributed by atoms with E-state index in [1.165, 1.54) is 12.4 Å². The Balaban J connectivity index is 1.76. The first kappa shape index (κ1) is 19.1. The molecule has 1 fully saturated rings. The van der Waals surface area contributed by atoms with Crippen molar-refractivity contribution in [1.82, 2.24) is 9.88 Å². The molecule has 2 atom stereocenters. The van der Waals surface area contributed by atoms with E-state index in [1.807, 2.05) is 35.2 Å². The molecule has 1 aromatic carbocycles. The van der Waals surface area contributed by atoms with Crippen molar-refractivity contribution in [1.29, 1.82) is 0 Å². The quantitative estimate of drug-likeness (QED) is 0.813. The van der Waals surface area contributed by atoms with Gasteiger partial charge in [0.05, 0.1) is 16.1 Å². The standard InChI is InChI=1S/C19H20Cl2N2O3/c20-15-9-22-10-16(21)14(15)11-23-7-6-19(18(25)26,17(24)12-23)8-13-4-2-1-3-5-13/h1-5,9-10,17,24H,6-8,11-12H2,(H,25,26)/t17-,19-/m1/s1. The minimum atomic E-state index is -1.19. The maximum Gasteiger partial charge on any atom is 0.312 e. The second-order valence-electron chi connectivity index (χ2n) is 6.71. The molecule has 3 rings (SSSR count). The number of pyridine rings is 1. The average Bonchev–Trinajstić information content (AvgIpc) is 2.61. The van der Waals surface area contributed by atoms with Crippen molar-refractivity contribution in [2.24, 2.45) is 5.41 Å². The van der Waals surface area contributed by atoms with Crippen LogP contribution in [0.1, 0.15) is 17.5 Å². The Morgan fingerprint density at radius 2 is 1.88 bits per heavy atom. The molecule has 2 heterocycles. The van der Waals surface area contributed by atoms with Crippen LogP contribution in [0.25, 0.3) is 0 Å². The van der Waals surface area contributed by atoms with Crippen LogP contribution >= 0.6 is 23.2 Å². The summed E-state index contributed by atoms with van der Waals surface area (Å²) in [5.74, 6) is -0.964. The number of benzene rings is 1. The van der Waals surface area contributed by atoms with Gasteiger partial charge in [0.25, 0.3) is 0 Å². The van der Waals surface area contributed by atoms with Crippen LogP contribution in [0.5, 0.6) is 0 Å². The Kier molecular flexibility index (Phi) is 5.82. The third-order valence-electron chi connectivity index (χ3n) is 5.07. The first-order valence-electron chi connectivity index (χ1n) is 8.38. The number of piperidine rings is 1. The fourth-order valence-electron chi connectivity index (χ4n) is 3.48. The molecule has 0 bridgehead atoms. The molecule has 1 aromatic heterocycles. The fraction of sp³-hybridized carbons (Fsp3) is 0.368. The molecule has 0 unspecified atom stereocenters.